The molecule has 0 amide bonds. The van der Waals surface area contributed by atoms with Crippen LogP contribution in [0.3, 0.4) is 0 Å². The highest BCUT2D eigenvalue weighted by Gasteiger charge is 2.12. The van der Waals surface area contributed by atoms with Crippen LogP contribution in [-0.2, 0) is 0 Å². The third-order valence-corrected chi connectivity index (χ3v) is 4.48. The van der Waals surface area contributed by atoms with E-state index >= 15 is 0 Å². The largest absolute Gasteiger partial charge is 0.0616 e. The molecule has 0 bridgehead atoms. The van der Waals surface area contributed by atoms with Crippen molar-refractivity contribution in [1.82, 2.24) is 0 Å². The molecule has 1 aliphatic rings. The predicted octanol–water partition coefficient (Wildman–Crippen LogP) is 2.00. The van der Waals surface area contributed by atoms with Crippen molar-refractivity contribution >= 4 is 15.9 Å². The molecule has 0 saturated heterocycles. The molecule has 0 nitrogen and oxygen atoms in total. The number of fused-ring (bicyclic) bond motifs is 3. The Morgan fingerprint density at radius 3 is 2.56 bits per heavy atom. The van der Waals surface area contributed by atoms with Gasteiger partial charge in [-0.3, -0.25) is 0 Å². The number of rotatable bonds is 0. The number of hydrogen-bond acceptors (Lipinski definition) is 0. The third kappa shape index (κ3) is 1.18. The van der Waals surface area contributed by atoms with E-state index in [0.717, 1.165) is 0 Å². The zero-order chi connectivity index (χ0) is 11.3. The average molecular weight is 222 g/mol. The minimum atomic E-state index is 1.36. The molecule has 0 aliphatic heterocycles. The van der Waals surface area contributed by atoms with Crippen LogP contribution < -0.4 is 5.22 Å². The molecule has 2 aromatic rings. The monoisotopic (exact) mass is 222 g/mol. The minimum Gasteiger partial charge on any atom is -0.0616 e. The summed E-state index contributed by atoms with van der Waals surface area (Å²) >= 11 is 0. The highest BCUT2D eigenvalue weighted by atomic mass is 28.1. The maximum atomic E-state index is 2.32. The summed E-state index contributed by atoms with van der Waals surface area (Å²) in [4.78, 5) is 1.45. The first-order valence-corrected chi connectivity index (χ1v) is 6.29. The average Bonchev–Trinajstić information content (AvgIpc) is 2.65. The molecular weight excluding hydrogens is 208 g/mol. The summed E-state index contributed by atoms with van der Waals surface area (Å²) in [6.45, 7) is 4.42. The Morgan fingerprint density at radius 2 is 1.75 bits per heavy atom. The van der Waals surface area contributed by atoms with Crippen LogP contribution in [-0.4, -0.2) is 9.85 Å². The maximum Gasteiger partial charge on any atom is -0.0101 e. The topological polar surface area (TPSA) is 0 Å². The van der Waals surface area contributed by atoms with Gasteiger partial charge in [-0.2, -0.15) is 0 Å². The van der Waals surface area contributed by atoms with Gasteiger partial charge in [0.05, 0.1) is 0 Å². The molecule has 0 aromatic heterocycles. The molecule has 1 heteroatoms. The van der Waals surface area contributed by atoms with E-state index in [2.05, 4.69) is 50.3 Å². The molecular formula is C15H14Si. The van der Waals surface area contributed by atoms with E-state index in [-0.39, 0.29) is 0 Å². The van der Waals surface area contributed by atoms with Crippen molar-refractivity contribution in [3.05, 3.63) is 57.1 Å². The normalized spacial score (nSPS) is 11.9. The van der Waals surface area contributed by atoms with Gasteiger partial charge in [0.2, 0.25) is 0 Å². The first kappa shape index (κ1) is 9.73. The SMILES string of the molecule is Cc1cc2c(c(=[SiH2])c1C)=Cc1ccccc1-2. The van der Waals surface area contributed by atoms with Gasteiger partial charge in [-0.1, -0.05) is 30.3 Å². The maximum absolute atomic E-state index is 2.32. The Bertz CT molecular complexity index is 696. The van der Waals surface area contributed by atoms with E-state index in [1.165, 1.54) is 37.9 Å². The fourth-order valence-electron chi connectivity index (χ4n) is 2.42. The minimum absolute atomic E-state index is 1.36. The lowest BCUT2D eigenvalue weighted by molar-refractivity contribution is 1.31. The Balaban J connectivity index is 2.50. The van der Waals surface area contributed by atoms with Crippen molar-refractivity contribution in [3.8, 4) is 11.1 Å². The summed E-state index contributed by atoms with van der Waals surface area (Å²) in [7, 11) is 2.01. The van der Waals surface area contributed by atoms with Crippen molar-refractivity contribution in [3.63, 3.8) is 0 Å². The Morgan fingerprint density at radius 1 is 1.00 bits per heavy atom. The van der Waals surface area contributed by atoms with Gasteiger partial charge in [0.1, 0.15) is 0 Å². The van der Waals surface area contributed by atoms with E-state index in [0.29, 0.717) is 0 Å². The zero-order valence-electron chi connectivity index (χ0n) is 9.67. The summed E-state index contributed by atoms with van der Waals surface area (Å²) in [5, 5.41) is 1.42. The molecule has 78 valence electrons. The Labute approximate surface area is 98.3 Å². The first-order valence-electron chi connectivity index (χ1n) is 5.59. The molecule has 0 spiro atoms. The second-order valence-electron chi connectivity index (χ2n) is 4.49. The molecule has 0 heterocycles. The van der Waals surface area contributed by atoms with Crippen LogP contribution in [0.5, 0.6) is 0 Å². The van der Waals surface area contributed by atoms with Crippen LogP contribution >= 0.6 is 0 Å². The highest BCUT2D eigenvalue weighted by molar-refractivity contribution is 6.01. The lowest BCUT2D eigenvalue weighted by Crippen LogP contribution is -2.07. The fraction of sp³-hybridized carbons (Fsp3) is 0.133. The van der Waals surface area contributed by atoms with E-state index in [9.17, 15) is 0 Å². The van der Waals surface area contributed by atoms with Gasteiger partial charge in [-0.15, -0.1) is 0 Å². The molecule has 0 fully saturated rings. The van der Waals surface area contributed by atoms with E-state index < -0.39 is 0 Å². The lowest BCUT2D eigenvalue weighted by atomic mass is 10.0. The number of hydrogen-bond donors (Lipinski definition) is 0. The molecule has 2 aromatic carbocycles. The quantitative estimate of drug-likeness (QED) is 0.510. The molecule has 0 radical (unpaired) electrons. The number of aryl methyl sites for hydroxylation is 1. The highest BCUT2D eigenvalue weighted by Crippen LogP contribution is 2.27. The summed E-state index contributed by atoms with van der Waals surface area (Å²) in [5.74, 6) is 0. The zero-order valence-corrected chi connectivity index (χ0v) is 11.1. The molecule has 16 heavy (non-hydrogen) atoms. The predicted molar refractivity (Wildman–Crippen MR) is 71.9 cm³/mol. The van der Waals surface area contributed by atoms with Crippen LogP contribution in [0, 0.1) is 18.7 Å². The van der Waals surface area contributed by atoms with Crippen molar-refractivity contribution in [2.24, 2.45) is 0 Å². The molecule has 0 atom stereocenters. The Hall–Kier alpha value is -1.47. The van der Waals surface area contributed by atoms with Crippen LogP contribution in [0.15, 0.2) is 30.3 Å². The molecule has 0 unspecified atom stereocenters. The first-order chi connectivity index (χ1) is 7.68. The van der Waals surface area contributed by atoms with Gasteiger partial charge in [-0.05, 0) is 67.6 Å². The van der Waals surface area contributed by atoms with E-state index in [1.54, 1.807) is 0 Å². The van der Waals surface area contributed by atoms with Crippen LogP contribution in [0.25, 0.3) is 17.2 Å². The summed E-state index contributed by atoms with van der Waals surface area (Å²) in [6, 6.07) is 11.0. The van der Waals surface area contributed by atoms with Gasteiger partial charge in [0.15, 0.2) is 0 Å². The van der Waals surface area contributed by atoms with Gasteiger partial charge >= 0.3 is 0 Å². The van der Waals surface area contributed by atoms with Crippen LogP contribution in [0.4, 0.5) is 0 Å². The second kappa shape index (κ2) is 3.26. The Kier molecular flexibility index (Phi) is 1.98. The van der Waals surface area contributed by atoms with Crippen molar-refractivity contribution in [1.29, 1.82) is 0 Å². The van der Waals surface area contributed by atoms with Crippen molar-refractivity contribution in [2.45, 2.75) is 13.8 Å². The molecule has 0 saturated carbocycles. The van der Waals surface area contributed by atoms with E-state index in [4.69, 9.17) is 0 Å². The number of benzene rings is 2. The van der Waals surface area contributed by atoms with Crippen molar-refractivity contribution in [2.75, 3.05) is 0 Å². The van der Waals surface area contributed by atoms with Gasteiger partial charge in [-0.25, -0.2) is 0 Å². The summed E-state index contributed by atoms with van der Waals surface area (Å²) < 4.78 is 0. The van der Waals surface area contributed by atoms with Gasteiger partial charge in [0.25, 0.3) is 0 Å². The smallest absolute Gasteiger partial charge is 0.0101 e. The molecule has 1 aliphatic carbocycles. The van der Waals surface area contributed by atoms with Crippen LogP contribution in [0.2, 0.25) is 0 Å². The lowest BCUT2D eigenvalue weighted by Gasteiger charge is -2.05. The van der Waals surface area contributed by atoms with Crippen molar-refractivity contribution < 1.29 is 0 Å². The third-order valence-electron chi connectivity index (χ3n) is 3.57. The van der Waals surface area contributed by atoms with Gasteiger partial charge < -0.3 is 0 Å². The summed E-state index contributed by atoms with van der Waals surface area (Å²) in [6.07, 6.45) is 2.32. The van der Waals surface area contributed by atoms with Crippen LogP contribution in [0.1, 0.15) is 16.7 Å². The fourth-order valence-corrected chi connectivity index (χ4v) is 2.99. The van der Waals surface area contributed by atoms with Gasteiger partial charge in [0, 0.05) is 0 Å². The standard InChI is InChI=1S/C15H14Si/c1-9-7-13-12-6-4-3-5-11(12)8-14(13)15(16)10(9)2/h3-8H,16H2,1-2H3. The second-order valence-corrected chi connectivity index (χ2v) is 5.20. The molecule has 3 rings (SSSR count). The van der Waals surface area contributed by atoms with E-state index in [1.807, 2.05) is 9.85 Å². The molecule has 0 N–H and O–H groups in total. The summed E-state index contributed by atoms with van der Waals surface area (Å²) in [5.41, 5.74) is 6.97.